The molecule has 0 unspecified atom stereocenters. The molecule has 1 aromatic heterocycles. The second-order valence-electron chi connectivity index (χ2n) is 3.57. The molecule has 1 N–H and O–H groups in total. The summed E-state index contributed by atoms with van der Waals surface area (Å²) < 4.78 is 22.7. The smallest absolute Gasteiger partial charge is 0.263 e. The van der Waals surface area contributed by atoms with Gasteiger partial charge in [0.05, 0.1) is 0 Å². The Kier molecular flexibility index (Phi) is 2.28. The standard InChI is InChI=1S/C10H10ClNO2S/c1-6-3-4-8-9(5-6)12-7(2)10(8)15(11,13)14/h3-5,12H,1-2H3. The molecule has 15 heavy (non-hydrogen) atoms. The molecule has 2 aromatic rings. The molecular formula is C10H10ClNO2S. The quantitative estimate of drug-likeness (QED) is 0.783. The lowest BCUT2D eigenvalue weighted by atomic mass is 10.2. The number of halogens is 1. The number of hydrogen-bond donors (Lipinski definition) is 1. The Bertz CT molecular complexity index is 628. The highest BCUT2D eigenvalue weighted by Crippen LogP contribution is 2.29. The fraction of sp³-hybridized carbons (Fsp3) is 0.200. The van der Waals surface area contributed by atoms with Crippen LogP contribution in [0.1, 0.15) is 11.3 Å². The molecule has 0 bridgehead atoms. The van der Waals surface area contributed by atoms with Crippen molar-refractivity contribution in [3.63, 3.8) is 0 Å². The third-order valence-electron chi connectivity index (χ3n) is 2.33. The molecule has 0 amide bonds. The monoisotopic (exact) mass is 243 g/mol. The van der Waals surface area contributed by atoms with E-state index < -0.39 is 9.05 Å². The normalized spacial score (nSPS) is 12.2. The fourth-order valence-electron chi connectivity index (χ4n) is 1.73. The predicted octanol–water partition coefficient (Wildman–Crippen LogP) is 2.71. The van der Waals surface area contributed by atoms with Crippen LogP contribution in [0.25, 0.3) is 10.9 Å². The zero-order valence-electron chi connectivity index (χ0n) is 8.33. The molecule has 0 radical (unpaired) electrons. The molecule has 0 saturated heterocycles. The van der Waals surface area contributed by atoms with Crippen LogP contribution < -0.4 is 0 Å². The van der Waals surface area contributed by atoms with E-state index in [1.807, 2.05) is 19.1 Å². The first kappa shape index (κ1) is 10.5. The molecule has 0 aliphatic carbocycles. The zero-order valence-corrected chi connectivity index (χ0v) is 9.91. The van der Waals surface area contributed by atoms with Gasteiger partial charge in [0, 0.05) is 27.3 Å². The van der Waals surface area contributed by atoms with Crippen LogP contribution in [0, 0.1) is 13.8 Å². The van der Waals surface area contributed by atoms with Crippen molar-refractivity contribution in [2.24, 2.45) is 0 Å². The van der Waals surface area contributed by atoms with Gasteiger partial charge in [0.25, 0.3) is 9.05 Å². The van der Waals surface area contributed by atoms with Gasteiger partial charge in [-0.3, -0.25) is 0 Å². The summed E-state index contributed by atoms with van der Waals surface area (Å²) in [7, 11) is 1.69. The summed E-state index contributed by atoms with van der Waals surface area (Å²) in [6.45, 7) is 3.65. The summed E-state index contributed by atoms with van der Waals surface area (Å²) in [6, 6.07) is 5.53. The van der Waals surface area contributed by atoms with Crippen molar-refractivity contribution < 1.29 is 8.42 Å². The molecule has 80 valence electrons. The van der Waals surface area contributed by atoms with Gasteiger partial charge in [0.15, 0.2) is 0 Å². The van der Waals surface area contributed by atoms with Gasteiger partial charge in [-0.1, -0.05) is 12.1 Å². The molecule has 0 aliphatic heterocycles. The first-order valence-electron chi connectivity index (χ1n) is 4.43. The van der Waals surface area contributed by atoms with Gasteiger partial charge in [0.2, 0.25) is 0 Å². The van der Waals surface area contributed by atoms with Gasteiger partial charge in [0.1, 0.15) is 4.90 Å². The second kappa shape index (κ2) is 3.25. The maximum absolute atomic E-state index is 11.4. The highest BCUT2D eigenvalue weighted by atomic mass is 35.7. The molecule has 3 nitrogen and oxygen atoms in total. The number of aryl methyl sites for hydroxylation is 2. The van der Waals surface area contributed by atoms with Crippen molar-refractivity contribution in [2.45, 2.75) is 18.7 Å². The fourth-order valence-corrected chi connectivity index (χ4v) is 3.19. The van der Waals surface area contributed by atoms with E-state index in [-0.39, 0.29) is 4.90 Å². The number of hydrogen-bond acceptors (Lipinski definition) is 2. The number of H-pyrrole nitrogens is 1. The molecule has 0 fully saturated rings. The van der Waals surface area contributed by atoms with Crippen LogP contribution in [0.4, 0.5) is 0 Å². The summed E-state index contributed by atoms with van der Waals surface area (Å²) in [5.41, 5.74) is 2.44. The Morgan fingerprint density at radius 2 is 1.93 bits per heavy atom. The molecule has 2 rings (SSSR count). The van der Waals surface area contributed by atoms with E-state index in [1.54, 1.807) is 13.0 Å². The Morgan fingerprint density at radius 1 is 1.27 bits per heavy atom. The zero-order chi connectivity index (χ0) is 11.2. The van der Waals surface area contributed by atoms with Crippen LogP contribution in [-0.2, 0) is 9.05 Å². The van der Waals surface area contributed by atoms with Crippen molar-refractivity contribution in [3.05, 3.63) is 29.5 Å². The SMILES string of the molecule is Cc1ccc2c(S(=O)(=O)Cl)c(C)[nH]c2c1. The second-order valence-corrected chi connectivity index (χ2v) is 6.07. The first-order chi connectivity index (χ1) is 6.89. The van der Waals surface area contributed by atoms with Crippen LogP contribution in [0.15, 0.2) is 23.1 Å². The van der Waals surface area contributed by atoms with Gasteiger partial charge in [-0.05, 0) is 25.5 Å². The summed E-state index contributed by atoms with van der Waals surface area (Å²) in [5.74, 6) is 0. The van der Waals surface area contributed by atoms with Gasteiger partial charge >= 0.3 is 0 Å². The van der Waals surface area contributed by atoms with Gasteiger partial charge in [-0.2, -0.15) is 0 Å². The summed E-state index contributed by atoms with van der Waals surface area (Å²) in [6.07, 6.45) is 0. The van der Waals surface area contributed by atoms with Crippen LogP contribution in [0.3, 0.4) is 0 Å². The van der Waals surface area contributed by atoms with Crippen molar-refractivity contribution in [2.75, 3.05) is 0 Å². The first-order valence-corrected chi connectivity index (χ1v) is 6.74. The van der Waals surface area contributed by atoms with Gasteiger partial charge in [-0.15, -0.1) is 0 Å². The highest BCUT2D eigenvalue weighted by molar-refractivity contribution is 8.14. The van der Waals surface area contributed by atoms with Crippen molar-refractivity contribution in [1.82, 2.24) is 4.98 Å². The predicted molar refractivity (Wildman–Crippen MR) is 60.8 cm³/mol. The Hall–Kier alpha value is -1.00. The maximum Gasteiger partial charge on any atom is 0.263 e. The molecule has 0 atom stereocenters. The Labute approximate surface area is 92.5 Å². The summed E-state index contributed by atoms with van der Waals surface area (Å²) in [4.78, 5) is 3.19. The topological polar surface area (TPSA) is 49.9 Å². The van der Waals surface area contributed by atoms with Crippen LogP contribution in [-0.4, -0.2) is 13.4 Å². The van der Waals surface area contributed by atoms with Crippen LogP contribution >= 0.6 is 10.7 Å². The number of aromatic nitrogens is 1. The number of benzene rings is 1. The van der Waals surface area contributed by atoms with E-state index in [0.29, 0.717) is 11.1 Å². The molecule has 1 heterocycles. The molecule has 0 spiro atoms. The van der Waals surface area contributed by atoms with E-state index in [0.717, 1.165) is 11.1 Å². The minimum Gasteiger partial charge on any atom is -0.357 e. The average molecular weight is 244 g/mol. The van der Waals surface area contributed by atoms with Crippen LogP contribution in [0.5, 0.6) is 0 Å². The third kappa shape index (κ3) is 1.75. The number of aromatic amines is 1. The number of nitrogens with one attached hydrogen (secondary N) is 1. The van der Waals surface area contributed by atoms with E-state index in [2.05, 4.69) is 4.98 Å². The van der Waals surface area contributed by atoms with Crippen molar-refractivity contribution in [1.29, 1.82) is 0 Å². The van der Waals surface area contributed by atoms with Crippen molar-refractivity contribution >= 4 is 30.6 Å². The molecule has 5 heteroatoms. The minimum atomic E-state index is -3.69. The lowest BCUT2D eigenvalue weighted by Crippen LogP contribution is -1.91. The van der Waals surface area contributed by atoms with E-state index in [1.165, 1.54) is 0 Å². The molecular weight excluding hydrogens is 234 g/mol. The number of rotatable bonds is 1. The van der Waals surface area contributed by atoms with Crippen molar-refractivity contribution in [3.8, 4) is 0 Å². The summed E-state index contributed by atoms with van der Waals surface area (Å²) >= 11 is 0. The van der Waals surface area contributed by atoms with E-state index >= 15 is 0 Å². The lowest BCUT2D eigenvalue weighted by molar-refractivity contribution is 0.610. The molecule has 0 aliphatic rings. The van der Waals surface area contributed by atoms with Gasteiger partial charge in [-0.25, -0.2) is 8.42 Å². The highest BCUT2D eigenvalue weighted by Gasteiger charge is 2.19. The molecule has 1 aromatic carbocycles. The Balaban J connectivity index is 2.92. The van der Waals surface area contributed by atoms with Crippen LogP contribution in [0.2, 0.25) is 0 Å². The third-order valence-corrected chi connectivity index (χ3v) is 3.80. The maximum atomic E-state index is 11.4. The van der Waals surface area contributed by atoms with E-state index in [9.17, 15) is 8.42 Å². The minimum absolute atomic E-state index is 0.180. The summed E-state index contributed by atoms with van der Waals surface area (Å²) in [5, 5.41) is 0.646. The van der Waals surface area contributed by atoms with Gasteiger partial charge < -0.3 is 4.98 Å². The lowest BCUT2D eigenvalue weighted by Gasteiger charge is -1.95. The number of fused-ring (bicyclic) bond motifs is 1. The Morgan fingerprint density at radius 3 is 2.53 bits per heavy atom. The van der Waals surface area contributed by atoms with E-state index in [4.69, 9.17) is 10.7 Å². The molecule has 0 saturated carbocycles. The largest absolute Gasteiger partial charge is 0.357 e. The average Bonchev–Trinajstić information content (AvgIpc) is 2.38.